The molecule has 10 aromatic rings. The van der Waals surface area contributed by atoms with Crippen LogP contribution < -0.4 is 0 Å². The summed E-state index contributed by atoms with van der Waals surface area (Å²) in [5, 5.41) is 4.19. The van der Waals surface area contributed by atoms with E-state index in [4.69, 9.17) is 18.8 Å². The second kappa shape index (κ2) is 11.4. The van der Waals surface area contributed by atoms with Gasteiger partial charge in [-0.25, -0.2) is 9.97 Å². The van der Waals surface area contributed by atoms with Gasteiger partial charge in [0.05, 0.1) is 17.1 Å². The van der Waals surface area contributed by atoms with Crippen molar-refractivity contribution in [3.63, 3.8) is 0 Å². The standard InChI is InChI=1S/C45H27N3O2/c1-2-12-28(13-3-1)38-27-39(48-45(47-38)30-15-10-14-29(26-30)37-20-8-9-25-46-37)35-24-23-34(44-42(35)36-17-5-7-22-41(36)50-44)33-19-11-18-32-31-16-4-6-21-40(31)49-43(32)33/h1-27H. The third-order valence-corrected chi connectivity index (χ3v) is 9.37. The van der Waals surface area contributed by atoms with Crippen molar-refractivity contribution in [2.45, 2.75) is 0 Å². The SMILES string of the molecule is c1ccc(-c2cc(-c3ccc(-c4cccc5c4oc4ccccc45)c4oc5ccccc5c34)nc(-c3cccc(-c4ccccn4)c3)n2)cc1. The number of pyridine rings is 1. The molecule has 6 aromatic carbocycles. The number of nitrogens with zero attached hydrogens (tertiary/aromatic N) is 3. The zero-order valence-corrected chi connectivity index (χ0v) is 26.7. The first-order chi connectivity index (χ1) is 24.8. The Hall–Kier alpha value is -6.85. The number of para-hydroxylation sites is 3. The second-order valence-corrected chi connectivity index (χ2v) is 12.4. The number of hydrogen-bond donors (Lipinski definition) is 0. The normalized spacial score (nSPS) is 11.6. The van der Waals surface area contributed by atoms with Gasteiger partial charge in [-0.05, 0) is 42.5 Å². The molecule has 5 heteroatoms. The lowest BCUT2D eigenvalue weighted by molar-refractivity contribution is 0.665. The molecule has 0 spiro atoms. The number of aromatic nitrogens is 3. The molecule has 0 fully saturated rings. The summed E-state index contributed by atoms with van der Waals surface area (Å²) in [5.41, 5.74) is 11.7. The third-order valence-electron chi connectivity index (χ3n) is 9.37. The zero-order valence-electron chi connectivity index (χ0n) is 26.7. The first kappa shape index (κ1) is 28.2. The molecule has 4 aromatic heterocycles. The van der Waals surface area contributed by atoms with Gasteiger partial charge in [-0.3, -0.25) is 4.98 Å². The van der Waals surface area contributed by atoms with E-state index in [1.807, 2.05) is 79.0 Å². The Morgan fingerprint density at radius 1 is 0.380 bits per heavy atom. The fourth-order valence-electron chi connectivity index (χ4n) is 7.04. The molecule has 0 saturated heterocycles. The number of rotatable bonds is 5. The number of benzene rings is 6. The van der Waals surface area contributed by atoms with E-state index in [-0.39, 0.29) is 0 Å². The summed E-state index contributed by atoms with van der Waals surface area (Å²) in [6, 6.07) is 53.5. The molecule has 0 atom stereocenters. The quantitative estimate of drug-likeness (QED) is 0.187. The van der Waals surface area contributed by atoms with E-state index in [1.165, 1.54) is 0 Å². The average molecular weight is 642 g/mol. The van der Waals surface area contributed by atoms with E-state index in [0.717, 1.165) is 94.3 Å². The first-order valence-electron chi connectivity index (χ1n) is 16.6. The second-order valence-electron chi connectivity index (χ2n) is 12.4. The minimum atomic E-state index is 0.635. The highest BCUT2D eigenvalue weighted by Gasteiger charge is 2.22. The maximum atomic E-state index is 6.73. The van der Waals surface area contributed by atoms with E-state index in [9.17, 15) is 0 Å². The van der Waals surface area contributed by atoms with E-state index in [1.54, 1.807) is 0 Å². The predicted octanol–water partition coefficient (Wildman–Crippen LogP) is 12.0. The van der Waals surface area contributed by atoms with Gasteiger partial charge in [0, 0.05) is 61.1 Å². The summed E-state index contributed by atoms with van der Waals surface area (Å²) in [7, 11) is 0. The molecule has 0 bridgehead atoms. The van der Waals surface area contributed by atoms with Crippen LogP contribution in [0, 0.1) is 0 Å². The highest BCUT2D eigenvalue weighted by atomic mass is 16.3. The van der Waals surface area contributed by atoms with Crippen LogP contribution in [0.2, 0.25) is 0 Å². The fraction of sp³-hybridized carbons (Fsp3) is 0. The molecule has 0 amide bonds. The predicted molar refractivity (Wildman–Crippen MR) is 202 cm³/mol. The maximum Gasteiger partial charge on any atom is 0.160 e. The molecule has 0 N–H and O–H groups in total. The topological polar surface area (TPSA) is 65.0 Å². The van der Waals surface area contributed by atoms with Gasteiger partial charge in [0.15, 0.2) is 5.82 Å². The average Bonchev–Trinajstić information content (AvgIpc) is 3.78. The zero-order chi connectivity index (χ0) is 33.0. The summed E-state index contributed by atoms with van der Waals surface area (Å²) in [4.78, 5) is 15.0. The highest BCUT2D eigenvalue weighted by Crippen LogP contribution is 2.44. The Labute approximate surface area is 287 Å². The van der Waals surface area contributed by atoms with Gasteiger partial charge in [0.1, 0.15) is 22.3 Å². The largest absolute Gasteiger partial charge is 0.455 e. The van der Waals surface area contributed by atoms with Crippen molar-refractivity contribution in [2.75, 3.05) is 0 Å². The smallest absolute Gasteiger partial charge is 0.160 e. The number of hydrogen-bond acceptors (Lipinski definition) is 5. The molecule has 0 radical (unpaired) electrons. The lowest BCUT2D eigenvalue weighted by Crippen LogP contribution is -1.97. The van der Waals surface area contributed by atoms with Crippen LogP contribution >= 0.6 is 0 Å². The fourth-order valence-corrected chi connectivity index (χ4v) is 7.04. The Kier molecular flexibility index (Phi) is 6.42. The van der Waals surface area contributed by atoms with E-state index in [2.05, 4.69) is 89.9 Å². The number of fused-ring (bicyclic) bond motifs is 6. The van der Waals surface area contributed by atoms with Gasteiger partial charge in [-0.15, -0.1) is 0 Å². The van der Waals surface area contributed by atoms with Crippen molar-refractivity contribution in [1.29, 1.82) is 0 Å². The molecule has 50 heavy (non-hydrogen) atoms. The molecular weight excluding hydrogens is 615 g/mol. The molecule has 0 aliphatic heterocycles. The van der Waals surface area contributed by atoms with E-state index < -0.39 is 0 Å². The minimum absolute atomic E-state index is 0.635. The summed E-state index contributed by atoms with van der Waals surface area (Å²) in [5.74, 6) is 0.635. The van der Waals surface area contributed by atoms with Crippen LogP contribution in [-0.4, -0.2) is 15.0 Å². The summed E-state index contributed by atoms with van der Waals surface area (Å²) in [6.45, 7) is 0. The molecule has 0 aliphatic rings. The van der Waals surface area contributed by atoms with Gasteiger partial charge in [0.25, 0.3) is 0 Å². The molecule has 234 valence electrons. The van der Waals surface area contributed by atoms with E-state index in [0.29, 0.717) is 5.82 Å². The molecule has 5 nitrogen and oxygen atoms in total. The Bertz CT molecular complexity index is 2870. The van der Waals surface area contributed by atoms with Crippen LogP contribution in [0.15, 0.2) is 173 Å². The van der Waals surface area contributed by atoms with Crippen molar-refractivity contribution in [2.24, 2.45) is 0 Å². The number of furan rings is 2. The molecule has 0 saturated carbocycles. The maximum absolute atomic E-state index is 6.73. The van der Waals surface area contributed by atoms with Crippen molar-refractivity contribution >= 4 is 43.9 Å². The summed E-state index contributed by atoms with van der Waals surface area (Å²) >= 11 is 0. The Morgan fingerprint density at radius 3 is 1.88 bits per heavy atom. The van der Waals surface area contributed by atoms with Crippen LogP contribution in [0.5, 0.6) is 0 Å². The first-order valence-corrected chi connectivity index (χ1v) is 16.6. The molecule has 4 heterocycles. The molecule has 0 unspecified atom stereocenters. The molecule has 0 aliphatic carbocycles. The summed E-state index contributed by atoms with van der Waals surface area (Å²) in [6.07, 6.45) is 1.81. The van der Waals surface area contributed by atoms with Crippen LogP contribution in [0.4, 0.5) is 0 Å². The van der Waals surface area contributed by atoms with Crippen LogP contribution in [0.1, 0.15) is 0 Å². The highest BCUT2D eigenvalue weighted by molar-refractivity contribution is 6.18. The minimum Gasteiger partial charge on any atom is -0.455 e. The van der Waals surface area contributed by atoms with Crippen molar-refractivity contribution in [3.05, 3.63) is 164 Å². The monoisotopic (exact) mass is 641 g/mol. The van der Waals surface area contributed by atoms with E-state index >= 15 is 0 Å². The Balaban J connectivity index is 1.23. The molecular formula is C45H27N3O2. The van der Waals surface area contributed by atoms with Gasteiger partial charge in [-0.2, -0.15) is 0 Å². The van der Waals surface area contributed by atoms with Gasteiger partial charge >= 0.3 is 0 Å². The van der Waals surface area contributed by atoms with Crippen LogP contribution in [-0.2, 0) is 0 Å². The van der Waals surface area contributed by atoms with Crippen molar-refractivity contribution in [3.8, 4) is 56.3 Å². The molecule has 10 rings (SSSR count). The van der Waals surface area contributed by atoms with Crippen molar-refractivity contribution < 1.29 is 8.83 Å². The third kappa shape index (κ3) is 4.60. The lowest BCUT2D eigenvalue weighted by atomic mass is 9.95. The van der Waals surface area contributed by atoms with Crippen molar-refractivity contribution in [1.82, 2.24) is 15.0 Å². The van der Waals surface area contributed by atoms with Gasteiger partial charge in [0.2, 0.25) is 0 Å². The lowest BCUT2D eigenvalue weighted by Gasteiger charge is -2.12. The van der Waals surface area contributed by atoms with Crippen LogP contribution in [0.25, 0.3) is 100 Å². The Morgan fingerprint density at radius 2 is 1.02 bits per heavy atom. The van der Waals surface area contributed by atoms with Gasteiger partial charge < -0.3 is 8.83 Å². The summed E-state index contributed by atoms with van der Waals surface area (Å²) < 4.78 is 13.2. The van der Waals surface area contributed by atoms with Crippen LogP contribution in [0.3, 0.4) is 0 Å². The van der Waals surface area contributed by atoms with Gasteiger partial charge in [-0.1, -0.05) is 115 Å².